The van der Waals surface area contributed by atoms with Gasteiger partial charge in [-0.1, -0.05) is 59.1 Å². The molecule has 1 atom stereocenters. The largest absolute Gasteiger partial charge is 0.309 e. The van der Waals surface area contributed by atoms with Crippen molar-refractivity contribution in [1.82, 2.24) is 14.5 Å². The lowest BCUT2D eigenvalue weighted by Gasteiger charge is -2.28. The molecule has 0 saturated heterocycles. The molecule has 4 rings (SSSR count). The molecule has 0 N–H and O–H groups in total. The quantitative estimate of drug-likeness (QED) is 0.285. The van der Waals surface area contributed by atoms with Gasteiger partial charge in [-0.25, -0.2) is 0 Å². The molecule has 0 bridgehead atoms. The van der Waals surface area contributed by atoms with Gasteiger partial charge in [-0.15, -0.1) is 0 Å². The maximum absolute atomic E-state index is 4.33. The summed E-state index contributed by atoms with van der Waals surface area (Å²) in [4.78, 5) is 8.65. The van der Waals surface area contributed by atoms with Crippen molar-refractivity contribution in [3.8, 4) is 5.69 Å². The van der Waals surface area contributed by atoms with Crippen LogP contribution >= 0.6 is 0 Å². The van der Waals surface area contributed by atoms with Crippen LogP contribution in [0.5, 0.6) is 0 Å². The summed E-state index contributed by atoms with van der Waals surface area (Å²) in [7, 11) is 0. The third-order valence-electron chi connectivity index (χ3n) is 6.40. The highest BCUT2D eigenvalue weighted by atomic mass is 15.0. The summed E-state index contributed by atoms with van der Waals surface area (Å²) < 4.78 is 2.32. The topological polar surface area (TPSA) is 30.7 Å². The van der Waals surface area contributed by atoms with Crippen molar-refractivity contribution in [2.45, 2.75) is 65.7 Å². The molecule has 156 valence electrons. The van der Waals surface area contributed by atoms with Crippen LogP contribution in [-0.4, -0.2) is 14.5 Å². The minimum Gasteiger partial charge on any atom is -0.309 e. The van der Waals surface area contributed by atoms with Crippen molar-refractivity contribution in [1.29, 1.82) is 0 Å². The predicted molar refractivity (Wildman–Crippen MR) is 127 cm³/mol. The van der Waals surface area contributed by atoms with Gasteiger partial charge in [-0.2, -0.15) is 0 Å². The molecular weight excluding hydrogens is 366 g/mol. The Morgan fingerprint density at radius 2 is 1.47 bits per heavy atom. The van der Waals surface area contributed by atoms with Crippen LogP contribution in [0.15, 0.2) is 61.2 Å². The second-order valence-electron chi connectivity index (χ2n) is 9.44. The minimum absolute atomic E-state index is 0.389. The molecule has 4 aromatic rings. The average molecular weight is 400 g/mol. The molecule has 0 aliphatic heterocycles. The molecule has 0 amide bonds. The molecule has 0 aliphatic rings. The van der Waals surface area contributed by atoms with Gasteiger partial charge < -0.3 is 4.57 Å². The van der Waals surface area contributed by atoms with E-state index >= 15 is 0 Å². The third-order valence-corrected chi connectivity index (χ3v) is 6.40. The lowest BCUT2D eigenvalue weighted by atomic mass is 9.77. The van der Waals surface area contributed by atoms with Crippen LogP contribution < -0.4 is 0 Å². The molecule has 1 aromatic carbocycles. The zero-order chi connectivity index (χ0) is 21.1. The number of unbranched alkanes of at least 4 members (excludes halogenated alkanes) is 2. The molecule has 0 saturated carbocycles. The van der Waals surface area contributed by atoms with Crippen LogP contribution in [0.4, 0.5) is 0 Å². The fraction of sp³-hybridized carbons (Fsp3) is 0.407. The lowest BCUT2D eigenvalue weighted by Crippen LogP contribution is -2.15. The molecule has 0 aliphatic carbocycles. The summed E-state index contributed by atoms with van der Waals surface area (Å²) in [6.07, 6.45) is 14.1. The van der Waals surface area contributed by atoms with E-state index in [1.807, 2.05) is 24.8 Å². The first-order chi connectivity index (χ1) is 14.5. The van der Waals surface area contributed by atoms with E-state index in [1.54, 1.807) is 0 Å². The van der Waals surface area contributed by atoms with Crippen LogP contribution in [0.2, 0.25) is 0 Å². The molecule has 3 aromatic heterocycles. The molecule has 3 nitrogen and oxygen atoms in total. The molecule has 3 heteroatoms. The first-order valence-corrected chi connectivity index (χ1v) is 11.3. The summed E-state index contributed by atoms with van der Waals surface area (Å²) in [5.74, 6) is 0.558. The zero-order valence-corrected chi connectivity index (χ0v) is 18.7. The van der Waals surface area contributed by atoms with E-state index in [0.717, 1.165) is 10.8 Å². The summed E-state index contributed by atoms with van der Waals surface area (Å²) >= 11 is 0. The summed E-state index contributed by atoms with van der Waals surface area (Å²) in [5.41, 5.74) is 5.34. The number of rotatable bonds is 8. The Morgan fingerprint density at radius 1 is 0.867 bits per heavy atom. The molecule has 30 heavy (non-hydrogen) atoms. The SMILES string of the molecule is CCCCCC(C)(C)CC(C)c1ccc(-n2c3ccncc3c3cnccc32)cc1. The molecular formula is C27H33N3. The Bertz CT molecular complexity index is 1070. The van der Waals surface area contributed by atoms with Crippen molar-refractivity contribution in [2.75, 3.05) is 0 Å². The maximum atomic E-state index is 4.33. The number of hydrogen-bond acceptors (Lipinski definition) is 2. The number of aromatic nitrogens is 3. The van der Waals surface area contributed by atoms with Crippen molar-refractivity contribution in [3.63, 3.8) is 0 Å². The molecule has 0 radical (unpaired) electrons. The Labute approximate surface area is 180 Å². The number of pyridine rings is 2. The van der Waals surface area contributed by atoms with Crippen LogP contribution in [0, 0.1) is 5.41 Å². The minimum atomic E-state index is 0.389. The third kappa shape index (κ3) is 4.12. The Balaban J connectivity index is 1.61. The van der Waals surface area contributed by atoms with Gasteiger partial charge in [-0.3, -0.25) is 9.97 Å². The molecule has 0 fully saturated rings. The molecule has 1 unspecified atom stereocenters. The van der Waals surface area contributed by atoms with Crippen LogP contribution in [-0.2, 0) is 0 Å². The van der Waals surface area contributed by atoms with E-state index in [0.29, 0.717) is 11.3 Å². The van der Waals surface area contributed by atoms with Crippen LogP contribution in [0.1, 0.15) is 71.3 Å². The average Bonchev–Trinajstić information content (AvgIpc) is 3.08. The summed E-state index contributed by atoms with van der Waals surface area (Å²) in [6, 6.07) is 13.3. The van der Waals surface area contributed by atoms with E-state index in [-0.39, 0.29) is 0 Å². The van der Waals surface area contributed by atoms with E-state index in [9.17, 15) is 0 Å². The normalized spacial score (nSPS) is 13.2. The molecule has 3 heterocycles. The van der Waals surface area contributed by atoms with Gasteiger partial charge in [0.15, 0.2) is 0 Å². The lowest BCUT2D eigenvalue weighted by molar-refractivity contribution is 0.276. The first-order valence-electron chi connectivity index (χ1n) is 11.3. The van der Waals surface area contributed by atoms with E-state index in [1.165, 1.54) is 54.4 Å². The second-order valence-corrected chi connectivity index (χ2v) is 9.44. The van der Waals surface area contributed by atoms with Gasteiger partial charge >= 0.3 is 0 Å². The smallest absolute Gasteiger partial charge is 0.0572 e. The highest BCUT2D eigenvalue weighted by Crippen LogP contribution is 2.36. The van der Waals surface area contributed by atoms with E-state index in [2.05, 4.69) is 78.6 Å². The second kappa shape index (κ2) is 8.59. The number of hydrogen-bond donors (Lipinski definition) is 0. The summed E-state index contributed by atoms with van der Waals surface area (Å²) in [6.45, 7) is 9.50. The Kier molecular flexibility index (Phi) is 5.90. The monoisotopic (exact) mass is 399 g/mol. The predicted octanol–water partition coefficient (Wildman–Crippen LogP) is 7.67. The Hall–Kier alpha value is -2.68. The van der Waals surface area contributed by atoms with Crippen molar-refractivity contribution >= 4 is 21.8 Å². The fourth-order valence-electron chi connectivity index (χ4n) is 4.84. The molecule has 0 spiro atoms. The van der Waals surface area contributed by atoms with Crippen molar-refractivity contribution in [3.05, 3.63) is 66.7 Å². The Morgan fingerprint density at radius 3 is 2.03 bits per heavy atom. The van der Waals surface area contributed by atoms with Gasteiger partial charge in [0.05, 0.1) is 11.0 Å². The summed E-state index contributed by atoms with van der Waals surface area (Å²) in [5, 5.41) is 2.29. The first kappa shape index (κ1) is 20.6. The maximum Gasteiger partial charge on any atom is 0.0572 e. The van der Waals surface area contributed by atoms with Crippen LogP contribution in [0.3, 0.4) is 0 Å². The highest BCUT2D eigenvalue weighted by Gasteiger charge is 2.21. The van der Waals surface area contributed by atoms with Crippen LogP contribution in [0.25, 0.3) is 27.5 Å². The van der Waals surface area contributed by atoms with Gasteiger partial charge in [0, 0.05) is 41.2 Å². The zero-order valence-electron chi connectivity index (χ0n) is 18.7. The van der Waals surface area contributed by atoms with E-state index in [4.69, 9.17) is 0 Å². The highest BCUT2D eigenvalue weighted by molar-refractivity contribution is 6.08. The van der Waals surface area contributed by atoms with Gasteiger partial charge in [0.2, 0.25) is 0 Å². The fourth-order valence-corrected chi connectivity index (χ4v) is 4.84. The van der Waals surface area contributed by atoms with Gasteiger partial charge in [0.25, 0.3) is 0 Å². The number of nitrogens with zero attached hydrogens (tertiary/aromatic N) is 3. The van der Waals surface area contributed by atoms with Crippen molar-refractivity contribution < 1.29 is 0 Å². The van der Waals surface area contributed by atoms with E-state index < -0.39 is 0 Å². The standard InChI is InChI=1S/C27H33N3/c1-5-6-7-14-27(3,4)17-20(2)21-8-10-22(11-9-21)30-25-12-15-28-18-23(25)24-19-29-16-13-26(24)30/h8-13,15-16,18-20H,5-7,14,17H2,1-4H3. The van der Waals surface area contributed by atoms with Gasteiger partial charge in [-0.05, 0) is 54.0 Å². The van der Waals surface area contributed by atoms with Gasteiger partial charge in [0.1, 0.15) is 0 Å². The number of benzene rings is 1. The van der Waals surface area contributed by atoms with Crippen molar-refractivity contribution in [2.24, 2.45) is 5.41 Å². The number of fused-ring (bicyclic) bond motifs is 3.